The maximum Gasteiger partial charge on any atom is 0.123 e. The third-order valence-corrected chi connectivity index (χ3v) is 5.01. The molecule has 0 amide bonds. The summed E-state index contributed by atoms with van der Waals surface area (Å²) in [4.78, 5) is 7.39. The number of aromatic nitrogens is 2. The smallest absolute Gasteiger partial charge is 0.123 e. The van der Waals surface area contributed by atoms with E-state index in [9.17, 15) is 0 Å². The summed E-state index contributed by atoms with van der Waals surface area (Å²) in [5, 5.41) is 3.75. The van der Waals surface area contributed by atoms with E-state index in [1.807, 2.05) is 0 Å². The summed E-state index contributed by atoms with van der Waals surface area (Å²) in [6.45, 7) is 3.44. The van der Waals surface area contributed by atoms with Crippen LogP contribution in [0.1, 0.15) is 25.1 Å². The third kappa shape index (κ3) is 1.95. The van der Waals surface area contributed by atoms with Gasteiger partial charge < -0.3 is 9.88 Å². The van der Waals surface area contributed by atoms with Crippen molar-refractivity contribution in [3.63, 3.8) is 0 Å². The molecule has 2 aliphatic heterocycles. The number of nitrogens with one attached hydrogen (secondary N) is 1. The number of fused-ring (bicyclic) bond motifs is 2. The van der Waals surface area contributed by atoms with E-state index in [4.69, 9.17) is 4.98 Å². The van der Waals surface area contributed by atoms with E-state index < -0.39 is 0 Å². The normalized spacial score (nSPS) is 26.4. The van der Waals surface area contributed by atoms with Crippen molar-refractivity contribution in [2.45, 2.75) is 37.9 Å². The summed E-state index contributed by atoms with van der Waals surface area (Å²) in [5.74, 6) is 1.14. The van der Waals surface area contributed by atoms with Crippen LogP contribution in [0.25, 0.3) is 11.0 Å². The Bertz CT molecular complexity index is 618. The van der Waals surface area contributed by atoms with E-state index in [0.29, 0.717) is 6.04 Å². The quantitative estimate of drug-likeness (QED) is 0.925. The van der Waals surface area contributed by atoms with Crippen molar-refractivity contribution in [2.24, 2.45) is 7.05 Å². The maximum absolute atomic E-state index is 4.75. The van der Waals surface area contributed by atoms with Crippen LogP contribution in [0.4, 0.5) is 0 Å². The van der Waals surface area contributed by atoms with Crippen LogP contribution in [0, 0.1) is 0 Å². The van der Waals surface area contributed by atoms with Crippen LogP contribution in [0.3, 0.4) is 0 Å². The van der Waals surface area contributed by atoms with Gasteiger partial charge >= 0.3 is 0 Å². The lowest BCUT2D eigenvalue weighted by atomic mass is 10.1. The van der Waals surface area contributed by atoms with Gasteiger partial charge in [0.2, 0.25) is 0 Å². The first-order chi connectivity index (χ1) is 9.83. The zero-order valence-electron chi connectivity index (χ0n) is 12.0. The standard InChI is InChI=1S/C16H22N4/c1-19-14-6-3-2-5-13(14)18-16(19)11-17-12-8-10-20-9-4-7-15(12)20/h2-3,5-6,12,15,17H,4,7-11H2,1H3. The molecule has 2 unspecified atom stereocenters. The molecule has 4 rings (SSSR count). The number of hydrogen-bond donors (Lipinski definition) is 1. The first-order valence-corrected chi connectivity index (χ1v) is 7.71. The highest BCUT2D eigenvalue weighted by atomic mass is 15.2. The number of imidazole rings is 1. The first kappa shape index (κ1) is 12.4. The molecule has 4 nitrogen and oxygen atoms in total. The van der Waals surface area contributed by atoms with Crippen molar-refractivity contribution in [2.75, 3.05) is 13.1 Å². The molecule has 0 bridgehead atoms. The van der Waals surface area contributed by atoms with E-state index in [-0.39, 0.29) is 0 Å². The molecular formula is C16H22N4. The van der Waals surface area contributed by atoms with Crippen molar-refractivity contribution < 1.29 is 0 Å². The molecule has 4 heteroatoms. The lowest BCUT2D eigenvalue weighted by Gasteiger charge is -2.21. The molecule has 2 atom stereocenters. The van der Waals surface area contributed by atoms with E-state index in [0.717, 1.165) is 23.9 Å². The molecule has 0 spiro atoms. The Morgan fingerprint density at radius 3 is 3.05 bits per heavy atom. The molecule has 0 radical (unpaired) electrons. The number of aryl methyl sites for hydroxylation is 1. The minimum atomic E-state index is 0.650. The highest BCUT2D eigenvalue weighted by Crippen LogP contribution is 2.28. The van der Waals surface area contributed by atoms with E-state index >= 15 is 0 Å². The van der Waals surface area contributed by atoms with Crippen molar-refractivity contribution in [1.82, 2.24) is 19.8 Å². The summed E-state index contributed by atoms with van der Waals surface area (Å²) in [7, 11) is 2.11. The average molecular weight is 270 g/mol. The van der Waals surface area contributed by atoms with Crippen LogP contribution >= 0.6 is 0 Å². The zero-order valence-corrected chi connectivity index (χ0v) is 12.0. The monoisotopic (exact) mass is 270 g/mol. The van der Waals surface area contributed by atoms with Gasteiger partial charge in [0, 0.05) is 25.7 Å². The largest absolute Gasteiger partial charge is 0.330 e. The van der Waals surface area contributed by atoms with E-state index in [1.165, 1.54) is 37.9 Å². The molecule has 0 aliphatic carbocycles. The molecule has 106 valence electrons. The highest BCUT2D eigenvalue weighted by Gasteiger charge is 2.36. The fraction of sp³-hybridized carbons (Fsp3) is 0.562. The molecule has 2 saturated heterocycles. The summed E-state index contributed by atoms with van der Waals surface area (Å²) >= 11 is 0. The Balaban J connectivity index is 1.49. The average Bonchev–Trinajstić information content (AvgIpc) is 3.13. The van der Waals surface area contributed by atoms with Crippen LogP contribution in [-0.4, -0.2) is 39.6 Å². The van der Waals surface area contributed by atoms with Gasteiger partial charge in [0.05, 0.1) is 17.6 Å². The summed E-state index contributed by atoms with van der Waals surface area (Å²) in [5.41, 5.74) is 2.32. The zero-order chi connectivity index (χ0) is 13.5. The predicted molar refractivity (Wildman–Crippen MR) is 80.6 cm³/mol. The summed E-state index contributed by atoms with van der Waals surface area (Å²) in [6.07, 6.45) is 4.02. The van der Waals surface area contributed by atoms with Crippen molar-refractivity contribution in [3.8, 4) is 0 Å². The molecule has 2 fully saturated rings. The minimum absolute atomic E-state index is 0.650. The van der Waals surface area contributed by atoms with Gasteiger partial charge in [0.15, 0.2) is 0 Å². The fourth-order valence-electron chi connectivity index (χ4n) is 3.90. The lowest BCUT2D eigenvalue weighted by molar-refractivity contribution is 0.297. The highest BCUT2D eigenvalue weighted by molar-refractivity contribution is 5.75. The predicted octanol–water partition coefficient (Wildman–Crippen LogP) is 1.90. The molecule has 2 aromatic rings. The molecule has 3 heterocycles. The Kier molecular flexibility index (Phi) is 3.00. The Morgan fingerprint density at radius 1 is 1.25 bits per heavy atom. The maximum atomic E-state index is 4.75. The molecule has 20 heavy (non-hydrogen) atoms. The summed E-state index contributed by atoms with van der Waals surface area (Å²) < 4.78 is 2.21. The van der Waals surface area contributed by atoms with Crippen molar-refractivity contribution in [1.29, 1.82) is 0 Å². The van der Waals surface area contributed by atoms with Gasteiger partial charge in [-0.1, -0.05) is 12.1 Å². The molecule has 1 aromatic carbocycles. The van der Waals surface area contributed by atoms with Crippen molar-refractivity contribution in [3.05, 3.63) is 30.1 Å². The number of benzene rings is 1. The first-order valence-electron chi connectivity index (χ1n) is 7.71. The molecule has 1 N–H and O–H groups in total. The van der Waals surface area contributed by atoms with Gasteiger partial charge in [-0.25, -0.2) is 4.98 Å². The SMILES string of the molecule is Cn1c(CNC2CCN3CCCC23)nc2ccccc21. The number of para-hydroxylation sites is 2. The van der Waals surface area contributed by atoms with Crippen LogP contribution < -0.4 is 5.32 Å². The van der Waals surface area contributed by atoms with Crippen LogP contribution in [0.5, 0.6) is 0 Å². The molecule has 0 saturated carbocycles. The molecular weight excluding hydrogens is 248 g/mol. The van der Waals surface area contributed by atoms with Gasteiger partial charge in [-0.05, 0) is 37.9 Å². The van der Waals surface area contributed by atoms with Gasteiger partial charge in [-0.2, -0.15) is 0 Å². The van der Waals surface area contributed by atoms with Gasteiger partial charge in [0.1, 0.15) is 5.82 Å². The van der Waals surface area contributed by atoms with Gasteiger partial charge in [-0.3, -0.25) is 4.90 Å². The second kappa shape index (κ2) is 4.86. The lowest BCUT2D eigenvalue weighted by Crippen LogP contribution is -2.39. The van der Waals surface area contributed by atoms with Crippen molar-refractivity contribution >= 4 is 11.0 Å². The van der Waals surface area contributed by atoms with Gasteiger partial charge in [0.25, 0.3) is 0 Å². The van der Waals surface area contributed by atoms with Crippen LogP contribution in [0.2, 0.25) is 0 Å². The fourth-order valence-corrected chi connectivity index (χ4v) is 3.90. The minimum Gasteiger partial charge on any atom is -0.330 e. The van der Waals surface area contributed by atoms with E-state index in [2.05, 4.69) is 46.1 Å². The Morgan fingerprint density at radius 2 is 2.15 bits per heavy atom. The van der Waals surface area contributed by atoms with Crippen LogP contribution in [-0.2, 0) is 13.6 Å². The Hall–Kier alpha value is -1.39. The molecule has 2 aliphatic rings. The van der Waals surface area contributed by atoms with Gasteiger partial charge in [-0.15, -0.1) is 0 Å². The number of rotatable bonds is 3. The molecule has 1 aromatic heterocycles. The summed E-state index contributed by atoms with van der Waals surface area (Å²) in [6, 6.07) is 9.78. The van der Waals surface area contributed by atoms with E-state index in [1.54, 1.807) is 0 Å². The second-order valence-corrected chi connectivity index (χ2v) is 6.10. The second-order valence-electron chi connectivity index (χ2n) is 6.10. The van der Waals surface area contributed by atoms with Crippen LogP contribution in [0.15, 0.2) is 24.3 Å². The number of hydrogen-bond acceptors (Lipinski definition) is 3. The topological polar surface area (TPSA) is 33.1 Å². The number of nitrogens with zero attached hydrogens (tertiary/aromatic N) is 3. The third-order valence-electron chi connectivity index (χ3n) is 5.01. The Labute approximate surface area is 119 Å².